The lowest BCUT2D eigenvalue weighted by Gasteiger charge is -2.32. The molecular formula is C24H28N4O3. The average Bonchev–Trinajstić information content (AvgIpc) is 2.77. The molecule has 7 heteroatoms. The molecule has 1 saturated heterocycles. The third kappa shape index (κ3) is 4.71. The zero-order chi connectivity index (χ0) is 21.8. The Labute approximate surface area is 181 Å². The van der Waals surface area contributed by atoms with E-state index in [1.807, 2.05) is 31.2 Å². The first-order chi connectivity index (χ1) is 15.0. The van der Waals surface area contributed by atoms with Gasteiger partial charge in [0.2, 0.25) is 5.91 Å². The third-order valence-corrected chi connectivity index (χ3v) is 5.58. The van der Waals surface area contributed by atoms with Gasteiger partial charge in [-0.2, -0.15) is 4.98 Å². The molecule has 0 saturated carbocycles. The van der Waals surface area contributed by atoms with Gasteiger partial charge in [-0.1, -0.05) is 19.1 Å². The molecule has 162 valence electrons. The van der Waals surface area contributed by atoms with E-state index in [2.05, 4.69) is 22.1 Å². The highest BCUT2D eigenvalue weighted by Gasteiger charge is 2.21. The van der Waals surface area contributed by atoms with Crippen LogP contribution in [0.2, 0.25) is 0 Å². The summed E-state index contributed by atoms with van der Waals surface area (Å²) in [5, 5.41) is 3.74. The van der Waals surface area contributed by atoms with Crippen LogP contribution < -0.4 is 20.6 Å². The largest absolute Gasteiger partial charge is 0.494 e. The maximum absolute atomic E-state index is 12.9. The molecule has 0 bridgehead atoms. The van der Waals surface area contributed by atoms with Gasteiger partial charge in [-0.05, 0) is 62.1 Å². The van der Waals surface area contributed by atoms with Crippen molar-refractivity contribution in [2.75, 3.05) is 29.9 Å². The second-order valence-corrected chi connectivity index (χ2v) is 8.02. The summed E-state index contributed by atoms with van der Waals surface area (Å²) in [6, 6.07) is 14.8. The molecule has 1 aromatic heterocycles. The summed E-state index contributed by atoms with van der Waals surface area (Å²) in [5.41, 5.74) is 0.962. The number of hydrogen-bond donors (Lipinski definition) is 1. The predicted molar refractivity (Wildman–Crippen MR) is 123 cm³/mol. The molecule has 2 heterocycles. The van der Waals surface area contributed by atoms with Crippen molar-refractivity contribution in [1.29, 1.82) is 0 Å². The van der Waals surface area contributed by atoms with Crippen LogP contribution in [-0.4, -0.2) is 35.2 Å². The summed E-state index contributed by atoms with van der Waals surface area (Å²) in [6.07, 6.45) is 2.28. The molecule has 31 heavy (non-hydrogen) atoms. The molecule has 1 atom stereocenters. The van der Waals surface area contributed by atoms with Gasteiger partial charge in [0.25, 0.3) is 0 Å². The number of hydrogen-bond acceptors (Lipinski definition) is 5. The van der Waals surface area contributed by atoms with Crippen molar-refractivity contribution in [3.8, 4) is 5.75 Å². The van der Waals surface area contributed by atoms with Crippen molar-refractivity contribution in [2.24, 2.45) is 5.92 Å². The van der Waals surface area contributed by atoms with E-state index in [0.29, 0.717) is 18.2 Å². The summed E-state index contributed by atoms with van der Waals surface area (Å²) in [5.74, 6) is 1.75. The molecule has 0 radical (unpaired) electrons. The number of aromatic nitrogens is 2. The Morgan fingerprint density at radius 1 is 1.19 bits per heavy atom. The Hall–Kier alpha value is -3.35. The molecule has 0 spiro atoms. The number of rotatable bonds is 6. The van der Waals surface area contributed by atoms with Crippen LogP contribution in [0.3, 0.4) is 0 Å². The lowest BCUT2D eigenvalue weighted by Crippen LogP contribution is -2.38. The summed E-state index contributed by atoms with van der Waals surface area (Å²) in [4.78, 5) is 32.2. The topological polar surface area (TPSA) is 76.5 Å². The van der Waals surface area contributed by atoms with Crippen molar-refractivity contribution in [1.82, 2.24) is 9.55 Å². The van der Waals surface area contributed by atoms with Gasteiger partial charge in [-0.3, -0.25) is 9.36 Å². The fourth-order valence-electron chi connectivity index (χ4n) is 4.13. The standard InChI is InChI=1S/C24H28N4O3/c1-3-31-19-12-10-18(11-13-19)25-22(29)16-28-21-9-5-4-8-20(21)23(26-24(28)30)27-14-6-7-17(2)15-27/h4-5,8-13,17H,3,6-7,14-16H2,1-2H3,(H,25,29). The van der Waals surface area contributed by atoms with Gasteiger partial charge in [0.1, 0.15) is 18.1 Å². The molecule has 1 aliphatic rings. The summed E-state index contributed by atoms with van der Waals surface area (Å²) < 4.78 is 6.86. The molecular weight excluding hydrogens is 392 g/mol. The first-order valence-electron chi connectivity index (χ1n) is 10.8. The number of nitrogens with one attached hydrogen (secondary N) is 1. The van der Waals surface area contributed by atoms with E-state index in [1.54, 1.807) is 24.3 Å². The van der Waals surface area contributed by atoms with Crippen molar-refractivity contribution < 1.29 is 9.53 Å². The quantitative estimate of drug-likeness (QED) is 0.658. The minimum atomic E-state index is -0.409. The SMILES string of the molecule is CCOc1ccc(NC(=O)Cn2c(=O)nc(N3CCCC(C)C3)c3ccccc32)cc1. The minimum absolute atomic E-state index is 0.101. The molecule has 4 rings (SSSR count). The van der Waals surface area contributed by atoms with E-state index >= 15 is 0 Å². The van der Waals surface area contributed by atoms with Crippen LogP contribution in [0.5, 0.6) is 5.75 Å². The Balaban J connectivity index is 1.59. The third-order valence-electron chi connectivity index (χ3n) is 5.58. The minimum Gasteiger partial charge on any atom is -0.494 e. The van der Waals surface area contributed by atoms with E-state index in [4.69, 9.17) is 4.74 Å². The number of carbonyl (C=O) groups is 1. The van der Waals surface area contributed by atoms with E-state index < -0.39 is 5.69 Å². The monoisotopic (exact) mass is 420 g/mol. The van der Waals surface area contributed by atoms with Crippen LogP contribution in [-0.2, 0) is 11.3 Å². The Morgan fingerprint density at radius 3 is 2.71 bits per heavy atom. The van der Waals surface area contributed by atoms with Gasteiger partial charge in [0.15, 0.2) is 0 Å². The summed E-state index contributed by atoms with van der Waals surface area (Å²) >= 11 is 0. The van der Waals surface area contributed by atoms with Crippen molar-refractivity contribution >= 4 is 28.3 Å². The zero-order valence-corrected chi connectivity index (χ0v) is 18.0. The first kappa shape index (κ1) is 20.9. The smallest absolute Gasteiger partial charge is 0.350 e. The van der Waals surface area contributed by atoms with Gasteiger partial charge >= 0.3 is 5.69 Å². The highest BCUT2D eigenvalue weighted by atomic mass is 16.5. The van der Waals surface area contributed by atoms with Gasteiger partial charge < -0.3 is 15.0 Å². The zero-order valence-electron chi connectivity index (χ0n) is 18.0. The maximum atomic E-state index is 12.9. The fraction of sp³-hybridized carbons (Fsp3) is 0.375. The normalized spacial score (nSPS) is 16.3. The Morgan fingerprint density at radius 2 is 1.97 bits per heavy atom. The number of carbonyl (C=O) groups excluding carboxylic acids is 1. The van der Waals surface area contributed by atoms with Crippen LogP contribution in [0, 0.1) is 5.92 Å². The van der Waals surface area contributed by atoms with Crippen molar-refractivity contribution in [2.45, 2.75) is 33.2 Å². The highest BCUT2D eigenvalue weighted by Crippen LogP contribution is 2.27. The lowest BCUT2D eigenvalue weighted by molar-refractivity contribution is -0.116. The Kier molecular flexibility index (Phi) is 6.21. The van der Waals surface area contributed by atoms with Gasteiger partial charge in [-0.15, -0.1) is 0 Å². The van der Waals surface area contributed by atoms with Crippen LogP contribution in [0.4, 0.5) is 11.5 Å². The number of piperidine rings is 1. The molecule has 1 aliphatic heterocycles. The van der Waals surface area contributed by atoms with Crippen LogP contribution >= 0.6 is 0 Å². The fourth-order valence-corrected chi connectivity index (χ4v) is 4.13. The average molecular weight is 421 g/mol. The lowest BCUT2D eigenvalue weighted by atomic mass is 10.00. The van der Waals surface area contributed by atoms with Crippen molar-refractivity contribution in [3.05, 3.63) is 59.0 Å². The second-order valence-electron chi connectivity index (χ2n) is 8.02. The number of fused-ring (bicyclic) bond motifs is 1. The second kappa shape index (κ2) is 9.20. The maximum Gasteiger partial charge on any atom is 0.350 e. The van der Waals surface area contributed by atoms with Gasteiger partial charge in [0, 0.05) is 24.2 Å². The highest BCUT2D eigenvalue weighted by molar-refractivity contribution is 5.93. The van der Waals surface area contributed by atoms with Crippen LogP contribution in [0.15, 0.2) is 53.3 Å². The molecule has 7 nitrogen and oxygen atoms in total. The number of amides is 1. The molecule has 3 aromatic rings. The van der Waals surface area contributed by atoms with Crippen LogP contribution in [0.25, 0.3) is 10.9 Å². The molecule has 2 aromatic carbocycles. The molecule has 0 aliphatic carbocycles. The number of nitrogens with zero attached hydrogens (tertiary/aromatic N) is 3. The number of ether oxygens (including phenoxy) is 1. The summed E-state index contributed by atoms with van der Waals surface area (Å²) in [7, 11) is 0. The molecule has 1 unspecified atom stereocenters. The number of para-hydroxylation sites is 1. The van der Waals surface area contributed by atoms with Gasteiger partial charge in [-0.25, -0.2) is 4.79 Å². The molecule has 1 N–H and O–H groups in total. The number of benzene rings is 2. The Bertz CT molecular complexity index is 1120. The summed E-state index contributed by atoms with van der Waals surface area (Å²) in [6.45, 7) is 6.41. The van der Waals surface area contributed by atoms with Crippen LogP contribution in [0.1, 0.15) is 26.7 Å². The van der Waals surface area contributed by atoms with Gasteiger partial charge in [0.05, 0.1) is 12.1 Å². The number of anilines is 2. The van der Waals surface area contributed by atoms with E-state index in [-0.39, 0.29) is 12.5 Å². The molecule has 1 amide bonds. The van der Waals surface area contributed by atoms with E-state index in [9.17, 15) is 9.59 Å². The van der Waals surface area contributed by atoms with E-state index in [0.717, 1.165) is 42.0 Å². The van der Waals surface area contributed by atoms with Crippen molar-refractivity contribution in [3.63, 3.8) is 0 Å². The molecule has 1 fully saturated rings. The predicted octanol–water partition coefficient (Wildman–Crippen LogP) is 3.67. The first-order valence-corrected chi connectivity index (χ1v) is 10.8. The van der Waals surface area contributed by atoms with E-state index in [1.165, 1.54) is 11.0 Å².